The third-order valence-corrected chi connectivity index (χ3v) is 4.90. The molecule has 0 bridgehead atoms. The summed E-state index contributed by atoms with van der Waals surface area (Å²) in [6.45, 7) is 5.97. The van der Waals surface area contributed by atoms with E-state index in [2.05, 4.69) is 40.3 Å². The van der Waals surface area contributed by atoms with Crippen LogP contribution >= 0.6 is 15.9 Å². The van der Waals surface area contributed by atoms with E-state index in [0.717, 1.165) is 51.3 Å². The summed E-state index contributed by atoms with van der Waals surface area (Å²) < 4.78 is 12.1. The molecule has 0 aliphatic carbocycles. The third-order valence-electron chi connectivity index (χ3n) is 4.12. The first kappa shape index (κ1) is 15.8. The molecule has 0 amide bonds. The standard InChI is InChI=1S/C16H24BrNO2/c1-3-18-12-16(6-8-20-9-7-16)11-13-10-14(19-2)4-5-15(13)17/h4-5,10,18H,3,6-9,11-12H2,1-2H3. The Morgan fingerprint density at radius 1 is 1.35 bits per heavy atom. The lowest BCUT2D eigenvalue weighted by Gasteiger charge is -2.38. The lowest BCUT2D eigenvalue weighted by molar-refractivity contribution is 0.0151. The lowest BCUT2D eigenvalue weighted by atomic mass is 9.75. The maximum absolute atomic E-state index is 5.55. The van der Waals surface area contributed by atoms with Gasteiger partial charge in [-0.25, -0.2) is 0 Å². The molecule has 1 aromatic carbocycles. The molecule has 0 saturated carbocycles. The molecule has 1 aliphatic heterocycles. The number of benzene rings is 1. The molecule has 112 valence electrons. The van der Waals surface area contributed by atoms with E-state index < -0.39 is 0 Å². The summed E-state index contributed by atoms with van der Waals surface area (Å²) >= 11 is 3.67. The highest BCUT2D eigenvalue weighted by Crippen LogP contribution is 2.36. The zero-order chi connectivity index (χ0) is 14.4. The van der Waals surface area contributed by atoms with Gasteiger partial charge in [-0.05, 0) is 55.0 Å². The minimum absolute atomic E-state index is 0.295. The Bertz CT molecular complexity index is 430. The zero-order valence-electron chi connectivity index (χ0n) is 12.4. The second-order valence-corrected chi connectivity index (χ2v) is 6.38. The molecule has 1 aliphatic rings. The Hall–Kier alpha value is -0.580. The van der Waals surface area contributed by atoms with Gasteiger partial charge in [0.2, 0.25) is 0 Å². The van der Waals surface area contributed by atoms with Crippen molar-refractivity contribution in [3.05, 3.63) is 28.2 Å². The molecule has 0 atom stereocenters. The smallest absolute Gasteiger partial charge is 0.119 e. The molecule has 1 fully saturated rings. The van der Waals surface area contributed by atoms with Crippen LogP contribution in [0.3, 0.4) is 0 Å². The molecule has 1 N–H and O–H groups in total. The summed E-state index contributed by atoms with van der Waals surface area (Å²) in [5, 5.41) is 3.53. The van der Waals surface area contributed by atoms with Crippen molar-refractivity contribution >= 4 is 15.9 Å². The van der Waals surface area contributed by atoms with E-state index in [4.69, 9.17) is 9.47 Å². The lowest BCUT2D eigenvalue weighted by Crippen LogP contribution is -2.40. The molecule has 0 aromatic heterocycles. The van der Waals surface area contributed by atoms with E-state index in [1.54, 1.807) is 7.11 Å². The van der Waals surface area contributed by atoms with Crippen molar-refractivity contribution in [3.8, 4) is 5.75 Å². The van der Waals surface area contributed by atoms with Crippen molar-refractivity contribution in [3.63, 3.8) is 0 Å². The Morgan fingerprint density at radius 2 is 2.10 bits per heavy atom. The minimum Gasteiger partial charge on any atom is -0.497 e. The van der Waals surface area contributed by atoms with Crippen LogP contribution in [0.2, 0.25) is 0 Å². The van der Waals surface area contributed by atoms with Crippen molar-refractivity contribution in [1.82, 2.24) is 5.32 Å². The fourth-order valence-corrected chi connectivity index (χ4v) is 3.21. The molecular formula is C16H24BrNO2. The third kappa shape index (κ3) is 3.96. The van der Waals surface area contributed by atoms with Crippen molar-refractivity contribution in [2.24, 2.45) is 5.41 Å². The van der Waals surface area contributed by atoms with Crippen LogP contribution in [0.15, 0.2) is 22.7 Å². The molecule has 1 aromatic rings. The molecule has 3 nitrogen and oxygen atoms in total. The molecule has 4 heteroatoms. The zero-order valence-corrected chi connectivity index (χ0v) is 14.0. The van der Waals surface area contributed by atoms with Crippen molar-refractivity contribution < 1.29 is 9.47 Å². The van der Waals surface area contributed by atoms with Gasteiger partial charge in [0.05, 0.1) is 7.11 Å². The molecular weight excluding hydrogens is 318 g/mol. The average molecular weight is 342 g/mol. The highest BCUT2D eigenvalue weighted by Gasteiger charge is 2.33. The van der Waals surface area contributed by atoms with Gasteiger partial charge in [0.25, 0.3) is 0 Å². The second kappa shape index (κ2) is 7.43. The predicted molar refractivity (Wildman–Crippen MR) is 85.4 cm³/mol. The summed E-state index contributed by atoms with van der Waals surface area (Å²) in [4.78, 5) is 0. The van der Waals surface area contributed by atoms with E-state index in [9.17, 15) is 0 Å². The van der Waals surface area contributed by atoms with Crippen LogP contribution < -0.4 is 10.1 Å². The van der Waals surface area contributed by atoms with Gasteiger partial charge >= 0.3 is 0 Å². The number of hydrogen-bond acceptors (Lipinski definition) is 3. The summed E-state index contributed by atoms with van der Waals surface area (Å²) in [5.41, 5.74) is 1.62. The number of ether oxygens (including phenoxy) is 2. The largest absolute Gasteiger partial charge is 0.497 e. The monoisotopic (exact) mass is 341 g/mol. The SMILES string of the molecule is CCNCC1(Cc2cc(OC)ccc2Br)CCOCC1. The van der Waals surface area contributed by atoms with Crippen LogP contribution in [0.1, 0.15) is 25.3 Å². The fourth-order valence-electron chi connectivity index (χ4n) is 2.83. The van der Waals surface area contributed by atoms with E-state index in [1.807, 2.05) is 6.07 Å². The highest BCUT2D eigenvalue weighted by molar-refractivity contribution is 9.10. The maximum Gasteiger partial charge on any atom is 0.119 e. The topological polar surface area (TPSA) is 30.5 Å². The van der Waals surface area contributed by atoms with E-state index >= 15 is 0 Å². The van der Waals surface area contributed by atoms with Crippen LogP contribution in [-0.2, 0) is 11.2 Å². The van der Waals surface area contributed by atoms with Gasteiger partial charge in [-0.3, -0.25) is 0 Å². The summed E-state index contributed by atoms with van der Waals surface area (Å²) in [7, 11) is 1.72. The van der Waals surface area contributed by atoms with Crippen molar-refractivity contribution in [1.29, 1.82) is 0 Å². The fraction of sp³-hybridized carbons (Fsp3) is 0.625. The summed E-state index contributed by atoms with van der Waals surface area (Å²) in [6, 6.07) is 6.22. The Morgan fingerprint density at radius 3 is 2.75 bits per heavy atom. The number of rotatable bonds is 6. The molecule has 20 heavy (non-hydrogen) atoms. The maximum atomic E-state index is 5.55. The quantitative estimate of drug-likeness (QED) is 0.859. The average Bonchev–Trinajstić information content (AvgIpc) is 2.48. The van der Waals surface area contributed by atoms with Crippen LogP contribution in [0.25, 0.3) is 0 Å². The molecule has 2 rings (SSSR count). The van der Waals surface area contributed by atoms with Crippen LogP contribution in [0.4, 0.5) is 0 Å². The first-order valence-corrected chi connectivity index (χ1v) is 8.09. The molecule has 1 heterocycles. The van der Waals surface area contributed by atoms with Gasteiger partial charge in [0.1, 0.15) is 5.75 Å². The second-order valence-electron chi connectivity index (χ2n) is 5.53. The van der Waals surface area contributed by atoms with Gasteiger partial charge in [-0.15, -0.1) is 0 Å². The van der Waals surface area contributed by atoms with E-state index in [0.29, 0.717) is 5.41 Å². The van der Waals surface area contributed by atoms with Crippen LogP contribution in [0, 0.1) is 5.41 Å². The number of hydrogen-bond donors (Lipinski definition) is 1. The number of methoxy groups -OCH3 is 1. The summed E-state index contributed by atoms with van der Waals surface area (Å²) in [6.07, 6.45) is 3.29. The van der Waals surface area contributed by atoms with Gasteiger partial charge in [-0.2, -0.15) is 0 Å². The van der Waals surface area contributed by atoms with Gasteiger partial charge in [0, 0.05) is 24.2 Å². The van der Waals surface area contributed by atoms with Gasteiger partial charge in [-0.1, -0.05) is 22.9 Å². The van der Waals surface area contributed by atoms with Gasteiger partial charge < -0.3 is 14.8 Å². The first-order valence-electron chi connectivity index (χ1n) is 7.30. The minimum atomic E-state index is 0.295. The molecule has 0 radical (unpaired) electrons. The van der Waals surface area contributed by atoms with Crippen molar-refractivity contribution in [2.45, 2.75) is 26.2 Å². The Balaban J connectivity index is 2.18. The van der Waals surface area contributed by atoms with E-state index in [1.165, 1.54) is 10.0 Å². The first-order chi connectivity index (χ1) is 9.69. The predicted octanol–water partition coefficient (Wildman–Crippen LogP) is 3.41. The molecule has 0 unspecified atom stereocenters. The number of halogens is 1. The summed E-state index contributed by atoms with van der Waals surface area (Å²) in [5.74, 6) is 0.925. The Labute approximate surface area is 130 Å². The van der Waals surface area contributed by atoms with Crippen LogP contribution in [0.5, 0.6) is 5.75 Å². The van der Waals surface area contributed by atoms with Gasteiger partial charge in [0.15, 0.2) is 0 Å². The highest BCUT2D eigenvalue weighted by atomic mass is 79.9. The van der Waals surface area contributed by atoms with Crippen molar-refractivity contribution in [2.75, 3.05) is 33.4 Å². The molecule has 0 spiro atoms. The van der Waals surface area contributed by atoms with Crippen LogP contribution in [-0.4, -0.2) is 33.4 Å². The number of nitrogens with one attached hydrogen (secondary N) is 1. The Kier molecular flexibility index (Phi) is 5.87. The van der Waals surface area contributed by atoms with E-state index in [-0.39, 0.29) is 0 Å². The normalized spacial score (nSPS) is 17.9. The molecule has 1 saturated heterocycles.